The Morgan fingerprint density at radius 2 is 1.10 bits per heavy atom. The van der Waals surface area contributed by atoms with Gasteiger partial charge in [-0.05, 0) is 32.5 Å². The topological polar surface area (TPSA) is 0 Å². The SMILES string of the molecule is CC1CCC(B(BCP(C(C)(C)C)C(C)(C)C)CP(C(C)(C)C)C(C)(C)C)CC1C. The molecule has 0 radical (unpaired) electrons. The fourth-order valence-electron chi connectivity index (χ4n) is 6.25. The van der Waals surface area contributed by atoms with E-state index in [0.29, 0.717) is 20.6 Å². The molecular weight excluding hydrogens is 396 g/mol. The van der Waals surface area contributed by atoms with Crippen molar-refractivity contribution in [2.75, 3.05) is 12.1 Å². The van der Waals surface area contributed by atoms with Gasteiger partial charge in [0.15, 0.2) is 0 Å². The average Bonchev–Trinajstić information content (AvgIpc) is 2.48. The molecule has 0 aromatic heterocycles. The van der Waals surface area contributed by atoms with E-state index in [2.05, 4.69) is 96.9 Å². The average molecular weight is 452 g/mol. The molecule has 3 atom stereocenters. The molecule has 176 valence electrons. The predicted molar refractivity (Wildman–Crippen MR) is 151 cm³/mol. The molecule has 1 saturated carbocycles. The smallest absolute Gasteiger partial charge is 0.104 e. The van der Waals surface area contributed by atoms with Gasteiger partial charge in [0.05, 0.1) is 7.17 Å². The quantitative estimate of drug-likeness (QED) is 0.279. The molecule has 0 nitrogen and oxygen atoms in total. The predicted octanol–water partition coefficient (Wildman–Crippen LogP) is 8.90. The summed E-state index contributed by atoms with van der Waals surface area (Å²) in [5.41, 5.74) is 0. The molecule has 30 heavy (non-hydrogen) atoms. The van der Waals surface area contributed by atoms with Crippen molar-refractivity contribution in [2.24, 2.45) is 11.8 Å². The van der Waals surface area contributed by atoms with Crippen molar-refractivity contribution >= 4 is 29.6 Å². The summed E-state index contributed by atoms with van der Waals surface area (Å²) in [5, 5.41) is 1.78. The summed E-state index contributed by atoms with van der Waals surface area (Å²) in [5.74, 6) is 2.80. The van der Waals surface area contributed by atoms with Crippen molar-refractivity contribution in [3.8, 4) is 0 Å². The fourth-order valence-corrected chi connectivity index (χ4v) is 14.3. The summed E-state index contributed by atoms with van der Waals surface area (Å²) in [6.07, 6.45) is 4.42. The van der Waals surface area contributed by atoms with Gasteiger partial charge in [0, 0.05) is 0 Å². The van der Waals surface area contributed by atoms with Gasteiger partial charge in [-0.15, -0.1) is 15.8 Å². The molecule has 4 heteroatoms. The van der Waals surface area contributed by atoms with Gasteiger partial charge in [-0.25, -0.2) is 0 Å². The maximum atomic E-state index is 2.53. The first-order valence-electron chi connectivity index (χ1n) is 12.8. The molecule has 0 spiro atoms. The van der Waals surface area contributed by atoms with Gasteiger partial charge in [0.25, 0.3) is 0 Å². The summed E-state index contributed by atoms with van der Waals surface area (Å²) >= 11 is 0. The first kappa shape index (κ1) is 29.0. The van der Waals surface area contributed by atoms with E-state index in [9.17, 15) is 0 Å². The van der Waals surface area contributed by atoms with Crippen molar-refractivity contribution < 1.29 is 0 Å². The van der Waals surface area contributed by atoms with Gasteiger partial charge in [-0.2, -0.15) is 0 Å². The number of hydrogen-bond acceptors (Lipinski definition) is 0. The third-order valence-electron chi connectivity index (χ3n) is 7.68. The molecule has 1 fully saturated rings. The first-order valence-corrected chi connectivity index (χ1v) is 15.9. The minimum Gasteiger partial charge on any atom is -0.104 e. The third kappa shape index (κ3) is 8.74. The van der Waals surface area contributed by atoms with Crippen molar-refractivity contribution in [3.63, 3.8) is 0 Å². The maximum Gasteiger partial charge on any atom is 0.114 e. The van der Waals surface area contributed by atoms with Crippen LogP contribution in [0.5, 0.6) is 0 Å². The Hall–Kier alpha value is 0.990. The zero-order chi connectivity index (χ0) is 23.7. The van der Waals surface area contributed by atoms with Crippen LogP contribution in [0.25, 0.3) is 0 Å². The molecule has 0 aromatic carbocycles. The van der Waals surface area contributed by atoms with Crippen molar-refractivity contribution in [3.05, 3.63) is 0 Å². The van der Waals surface area contributed by atoms with Crippen molar-refractivity contribution in [1.29, 1.82) is 0 Å². The van der Waals surface area contributed by atoms with Gasteiger partial charge in [0.1, 0.15) is 6.60 Å². The second kappa shape index (κ2) is 10.5. The molecule has 1 aliphatic rings. The zero-order valence-electron chi connectivity index (χ0n) is 23.4. The van der Waals surface area contributed by atoms with Crippen molar-refractivity contribution in [2.45, 2.75) is 143 Å². The second-order valence-corrected chi connectivity index (χ2v) is 22.4. The van der Waals surface area contributed by atoms with E-state index in [4.69, 9.17) is 0 Å². The normalized spacial score (nSPS) is 24.5. The van der Waals surface area contributed by atoms with E-state index in [1.54, 1.807) is 0 Å². The molecule has 0 bridgehead atoms. The third-order valence-corrected chi connectivity index (χ3v) is 15.7. The van der Waals surface area contributed by atoms with Crippen LogP contribution in [0.15, 0.2) is 0 Å². The van der Waals surface area contributed by atoms with E-state index < -0.39 is 0 Å². The summed E-state index contributed by atoms with van der Waals surface area (Å²) < 4.78 is 0. The van der Waals surface area contributed by atoms with Crippen LogP contribution >= 0.6 is 15.8 Å². The van der Waals surface area contributed by atoms with Crippen LogP contribution in [0.2, 0.25) is 5.82 Å². The molecule has 0 aromatic rings. The largest absolute Gasteiger partial charge is 0.114 e. The Morgan fingerprint density at radius 1 is 0.667 bits per heavy atom. The second-order valence-electron chi connectivity index (χ2n) is 14.5. The Bertz CT molecular complexity index is 491. The van der Waals surface area contributed by atoms with Gasteiger partial charge in [-0.3, -0.25) is 0 Å². The van der Waals surface area contributed by atoms with Gasteiger partial charge in [0.2, 0.25) is 0 Å². The highest BCUT2D eigenvalue weighted by atomic mass is 31.1. The van der Waals surface area contributed by atoms with E-state index in [0.717, 1.165) is 24.3 Å². The van der Waals surface area contributed by atoms with Gasteiger partial charge in [-0.1, -0.05) is 134 Å². The maximum absolute atomic E-state index is 2.53. The lowest BCUT2D eigenvalue weighted by atomic mass is 9.17. The summed E-state index contributed by atoms with van der Waals surface area (Å²) in [7, 11) is 1.47. The van der Waals surface area contributed by atoms with Crippen LogP contribution in [0.4, 0.5) is 0 Å². The van der Waals surface area contributed by atoms with Crippen LogP contribution in [-0.2, 0) is 0 Å². The molecule has 0 heterocycles. The highest BCUT2D eigenvalue weighted by Gasteiger charge is 2.42. The Labute approximate surface area is 196 Å². The molecule has 0 saturated heterocycles. The van der Waals surface area contributed by atoms with Crippen LogP contribution < -0.4 is 0 Å². The monoisotopic (exact) mass is 452 g/mol. The highest BCUT2D eigenvalue weighted by Crippen LogP contribution is 2.61. The van der Waals surface area contributed by atoms with E-state index in [1.807, 2.05) is 0 Å². The molecule has 0 N–H and O–H groups in total. The lowest BCUT2D eigenvalue weighted by Crippen LogP contribution is -2.42. The van der Waals surface area contributed by atoms with Crippen LogP contribution in [0.3, 0.4) is 0 Å². The van der Waals surface area contributed by atoms with E-state index >= 15 is 0 Å². The van der Waals surface area contributed by atoms with E-state index in [1.165, 1.54) is 38.6 Å². The highest BCUT2D eigenvalue weighted by molar-refractivity contribution is 7.66. The van der Waals surface area contributed by atoms with Gasteiger partial charge < -0.3 is 0 Å². The Balaban J connectivity index is 3.14. The van der Waals surface area contributed by atoms with Crippen LogP contribution in [-0.4, -0.2) is 46.5 Å². The number of rotatable bonds is 6. The van der Waals surface area contributed by atoms with Crippen LogP contribution in [0.1, 0.15) is 116 Å². The summed E-state index contributed by atoms with van der Waals surface area (Å²) in [6.45, 7) is 36.1. The standard InChI is InChI=1S/C26H56B2P2/c1-20-15-16-22(17-21(20)2)28(19-30(25(9,10)11)26(12,13)14)27-18-29(23(3,4)5)24(6,7)8/h20-22,27H,15-19H2,1-14H3. The number of hydrogen-bond donors (Lipinski definition) is 0. The summed E-state index contributed by atoms with van der Waals surface area (Å²) in [6, 6.07) is 2.95. The lowest BCUT2D eigenvalue weighted by Gasteiger charge is -2.46. The molecule has 1 aliphatic carbocycles. The van der Waals surface area contributed by atoms with E-state index in [-0.39, 0.29) is 15.8 Å². The molecule has 0 aliphatic heterocycles. The fraction of sp³-hybridized carbons (Fsp3) is 1.00. The first-order chi connectivity index (χ1) is 13.2. The zero-order valence-corrected chi connectivity index (χ0v) is 25.2. The Kier molecular flexibility index (Phi) is 10.2. The van der Waals surface area contributed by atoms with Crippen molar-refractivity contribution in [1.82, 2.24) is 0 Å². The molecule has 0 amide bonds. The minimum atomic E-state index is -0.0121. The Morgan fingerprint density at radius 3 is 1.47 bits per heavy atom. The molecular formula is C26H56B2P2. The summed E-state index contributed by atoms with van der Waals surface area (Å²) in [4.78, 5) is 0. The van der Waals surface area contributed by atoms with Gasteiger partial charge >= 0.3 is 0 Å². The molecule has 3 unspecified atom stereocenters. The lowest BCUT2D eigenvalue weighted by molar-refractivity contribution is 0.276. The van der Waals surface area contributed by atoms with Crippen LogP contribution in [0, 0.1) is 11.8 Å². The minimum absolute atomic E-state index is 0.00983. The molecule has 1 rings (SSSR count).